The molecule has 184 valence electrons. The first-order chi connectivity index (χ1) is 17.2. The van der Waals surface area contributed by atoms with Crippen molar-refractivity contribution >= 4 is 17.3 Å². The number of nitrogens with one attached hydrogen (secondary N) is 1. The molecule has 1 aromatic heterocycles. The first-order valence-electron chi connectivity index (χ1n) is 10.7. The van der Waals surface area contributed by atoms with Crippen molar-refractivity contribution in [2.24, 2.45) is 0 Å². The smallest absolute Gasteiger partial charge is 0.291 e. The largest absolute Gasteiger partial charge is 0.483 e. The maximum absolute atomic E-state index is 13.7. The van der Waals surface area contributed by atoms with E-state index in [2.05, 4.69) is 5.32 Å². The van der Waals surface area contributed by atoms with E-state index in [0.29, 0.717) is 11.8 Å². The Morgan fingerprint density at radius 1 is 0.972 bits per heavy atom. The Kier molecular flexibility index (Phi) is 6.95. The van der Waals surface area contributed by atoms with Crippen LogP contribution in [-0.2, 0) is 6.61 Å². The fourth-order valence-electron chi connectivity index (χ4n) is 3.46. The van der Waals surface area contributed by atoms with E-state index < -0.39 is 22.5 Å². The first-order valence-corrected chi connectivity index (χ1v) is 10.7. The number of nitro benzene ring substituents is 1. The van der Waals surface area contributed by atoms with Crippen LogP contribution < -0.4 is 14.8 Å². The number of nitrogens with zero attached hydrogens (tertiary/aromatic N) is 1. The molecule has 0 fully saturated rings. The summed E-state index contributed by atoms with van der Waals surface area (Å²) in [6.45, 7) is 3.59. The van der Waals surface area contributed by atoms with Crippen LogP contribution >= 0.6 is 0 Å². The number of halogens is 2. The Labute approximate surface area is 204 Å². The molecule has 0 aliphatic rings. The van der Waals surface area contributed by atoms with Gasteiger partial charge in [-0.3, -0.25) is 14.9 Å². The Morgan fingerprint density at radius 2 is 1.69 bits per heavy atom. The Bertz CT molecular complexity index is 1430. The van der Waals surface area contributed by atoms with Crippen molar-refractivity contribution in [1.29, 1.82) is 0 Å². The third kappa shape index (κ3) is 6.03. The standard InChI is InChI=1S/C26H20F2N2O6/c1-15-7-16(2)9-21(8-15)35-22-12-18(11-19(13-22)30(32)33)29-26(31)25-6-4-20(36-25)14-34-24-5-3-17(27)10-23(24)28/h3-13H,14H2,1-2H3,(H,29,31). The summed E-state index contributed by atoms with van der Waals surface area (Å²) in [4.78, 5) is 23.5. The van der Waals surface area contributed by atoms with Crippen LogP contribution in [0.2, 0.25) is 0 Å². The molecule has 1 N–H and O–H groups in total. The van der Waals surface area contributed by atoms with Gasteiger partial charge in [-0.1, -0.05) is 6.07 Å². The van der Waals surface area contributed by atoms with Crippen LogP contribution in [0.25, 0.3) is 0 Å². The first kappa shape index (κ1) is 24.4. The second kappa shape index (κ2) is 10.3. The van der Waals surface area contributed by atoms with Crippen LogP contribution in [0.3, 0.4) is 0 Å². The topological polar surface area (TPSA) is 104 Å². The molecule has 0 bridgehead atoms. The molecular weight excluding hydrogens is 474 g/mol. The average molecular weight is 494 g/mol. The normalized spacial score (nSPS) is 10.7. The predicted octanol–water partition coefficient (Wildman–Crippen LogP) is 6.71. The summed E-state index contributed by atoms with van der Waals surface area (Å²) in [5.74, 6) is -1.68. The molecule has 4 aromatic rings. The minimum Gasteiger partial charge on any atom is -0.483 e. The summed E-state index contributed by atoms with van der Waals surface area (Å²) in [7, 11) is 0. The maximum Gasteiger partial charge on any atom is 0.291 e. The lowest BCUT2D eigenvalue weighted by Crippen LogP contribution is -2.11. The van der Waals surface area contributed by atoms with Crippen molar-refractivity contribution in [3.8, 4) is 17.2 Å². The Morgan fingerprint density at radius 3 is 2.39 bits per heavy atom. The number of anilines is 1. The fourth-order valence-corrected chi connectivity index (χ4v) is 3.46. The number of carbonyl (C=O) groups is 1. The van der Waals surface area contributed by atoms with Crippen molar-refractivity contribution in [2.45, 2.75) is 20.5 Å². The number of nitro groups is 1. The zero-order valence-corrected chi connectivity index (χ0v) is 19.2. The average Bonchev–Trinajstić information content (AvgIpc) is 3.27. The molecule has 0 atom stereocenters. The van der Waals surface area contributed by atoms with Crippen LogP contribution in [0.1, 0.15) is 27.4 Å². The summed E-state index contributed by atoms with van der Waals surface area (Å²) < 4.78 is 43.2. The molecular formula is C26H20F2N2O6. The molecule has 1 amide bonds. The highest BCUT2D eigenvalue weighted by molar-refractivity contribution is 6.02. The molecule has 0 radical (unpaired) electrons. The highest BCUT2D eigenvalue weighted by Crippen LogP contribution is 2.31. The van der Waals surface area contributed by atoms with E-state index in [4.69, 9.17) is 13.9 Å². The van der Waals surface area contributed by atoms with Crippen molar-refractivity contribution in [3.63, 3.8) is 0 Å². The van der Waals surface area contributed by atoms with E-state index in [1.807, 2.05) is 19.9 Å². The van der Waals surface area contributed by atoms with Gasteiger partial charge in [0.05, 0.1) is 16.7 Å². The molecule has 10 heteroatoms. The number of non-ortho nitro benzene ring substituents is 1. The van der Waals surface area contributed by atoms with Crippen molar-refractivity contribution < 1.29 is 32.4 Å². The quantitative estimate of drug-likeness (QED) is 0.216. The lowest BCUT2D eigenvalue weighted by atomic mass is 10.1. The molecule has 0 saturated heterocycles. The summed E-state index contributed by atoms with van der Waals surface area (Å²) in [6.07, 6.45) is 0. The molecule has 0 saturated carbocycles. The lowest BCUT2D eigenvalue weighted by molar-refractivity contribution is -0.384. The SMILES string of the molecule is Cc1cc(C)cc(Oc2cc(NC(=O)c3ccc(COc4ccc(F)cc4F)o3)cc([N+](=O)[O-])c2)c1. The van der Waals surface area contributed by atoms with Gasteiger partial charge in [0.25, 0.3) is 11.6 Å². The molecule has 4 rings (SSSR count). The minimum absolute atomic E-state index is 0.100. The van der Waals surface area contributed by atoms with Gasteiger partial charge in [0, 0.05) is 18.2 Å². The molecule has 1 heterocycles. The number of furan rings is 1. The minimum atomic E-state index is -0.871. The lowest BCUT2D eigenvalue weighted by Gasteiger charge is -2.10. The molecule has 36 heavy (non-hydrogen) atoms. The van der Waals surface area contributed by atoms with Gasteiger partial charge in [-0.25, -0.2) is 8.78 Å². The number of carbonyl (C=O) groups excluding carboxylic acids is 1. The van der Waals surface area contributed by atoms with Crippen molar-refractivity contribution in [3.05, 3.63) is 111 Å². The van der Waals surface area contributed by atoms with E-state index in [-0.39, 0.29) is 41.0 Å². The number of ether oxygens (including phenoxy) is 2. The number of amides is 1. The van der Waals surface area contributed by atoms with E-state index >= 15 is 0 Å². The molecule has 0 aliphatic heterocycles. The van der Waals surface area contributed by atoms with Gasteiger partial charge in [0.15, 0.2) is 17.3 Å². The summed E-state index contributed by atoms with van der Waals surface area (Å²) in [6, 6.07) is 15.1. The summed E-state index contributed by atoms with van der Waals surface area (Å²) in [5.41, 5.74) is 1.77. The maximum atomic E-state index is 13.7. The van der Waals surface area contributed by atoms with Gasteiger partial charge in [0.2, 0.25) is 0 Å². The Balaban J connectivity index is 1.48. The second-order valence-electron chi connectivity index (χ2n) is 7.98. The Hall–Kier alpha value is -4.73. The predicted molar refractivity (Wildman–Crippen MR) is 126 cm³/mol. The van der Waals surface area contributed by atoms with E-state index in [1.54, 1.807) is 12.1 Å². The zero-order chi connectivity index (χ0) is 25.8. The van der Waals surface area contributed by atoms with Crippen LogP contribution in [0.4, 0.5) is 20.2 Å². The van der Waals surface area contributed by atoms with Gasteiger partial charge < -0.3 is 19.2 Å². The van der Waals surface area contributed by atoms with Gasteiger partial charge >= 0.3 is 0 Å². The van der Waals surface area contributed by atoms with E-state index in [1.165, 1.54) is 30.3 Å². The van der Waals surface area contributed by atoms with Crippen LogP contribution in [0.15, 0.2) is 71.1 Å². The monoisotopic (exact) mass is 494 g/mol. The summed E-state index contributed by atoms with van der Waals surface area (Å²) >= 11 is 0. The van der Waals surface area contributed by atoms with Crippen LogP contribution in [-0.4, -0.2) is 10.8 Å². The summed E-state index contributed by atoms with van der Waals surface area (Å²) in [5, 5.41) is 14.0. The highest BCUT2D eigenvalue weighted by atomic mass is 19.1. The number of benzene rings is 3. The molecule has 8 nitrogen and oxygen atoms in total. The van der Waals surface area contributed by atoms with Crippen molar-refractivity contribution in [2.75, 3.05) is 5.32 Å². The van der Waals surface area contributed by atoms with Gasteiger partial charge in [0.1, 0.15) is 29.7 Å². The highest BCUT2D eigenvalue weighted by Gasteiger charge is 2.17. The second-order valence-corrected chi connectivity index (χ2v) is 7.98. The third-order valence-corrected chi connectivity index (χ3v) is 4.94. The zero-order valence-electron chi connectivity index (χ0n) is 19.2. The number of hydrogen-bond donors (Lipinski definition) is 1. The molecule has 0 spiro atoms. The van der Waals surface area contributed by atoms with E-state index in [0.717, 1.165) is 23.3 Å². The van der Waals surface area contributed by atoms with Gasteiger partial charge in [-0.05, 0) is 61.4 Å². The molecule has 0 aliphatic carbocycles. The number of aryl methyl sites for hydroxylation is 2. The van der Waals surface area contributed by atoms with Crippen LogP contribution in [0, 0.1) is 35.6 Å². The van der Waals surface area contributed by atoms with Gasteiger partial charge in [-0.15, -0.1) is 0 Å². The number of hydrogen-bond acceptors (Lipinski definition) is 6. The van der Waals surface area contributed by atoms with Gasteiger partial charge in [-0.2, -0.15) is 0 Å². The third-order valence-electron chi connectivity index (χ3n) is 4.94. The fraction of sp³-hybridized carbons (Fsp3) is 0.115. The van der Waals surface area contributed by atoms with Crippen LogP contribution in [0.5, 0.6) is 17.2 Å². The molecule has 3 aromatic carbocycles. The molecule has 0 unspecified atom stereocenters. The van der Waals surface area contributed by atoms with E-state index in [9.17, 15) is 23.7 Å². The number of rotatable bonds is 8. The van der Waals surface area contributed by atoms with Crippen molar-refractivity contribution in [1.82, 2.24) is 0 Å².